The Hall–Kier alpha value is -1.38. The lowest BCUT2D eigenvalue weighted by atomic mass is 9.96. The minimum absolute atomic E-state index is 0.121. The maximum absolute atomic E-state index is 13.9. The summed E-state index contributed by atoms with van der Waals surface area (Å²) in [6.07, 6.45) is 0. The van der Waals surface area contributed by atoms with Crippen molar-refractivity contribution in [2.24, 2.45) is 5.73 Å². The number of halogens is 2. The van der Waals surface area contributed by atoms with Crippen LogP contribution in [0.2, 0.25) is 5.02 Å². The first-order chi connectivity index (χ1) is 8.49. The zero-order valence-corrected chi connectivity index (χ0v) is 11.1. The van der Waals surface area contributed by atoms with E-state index in [1.807, 2.05) is 19.9 Å². The Balaban J connectivity index is 2.62. The minimum atomic E-state index is -0.259. The van der Waals surface area contributed by atoms with E-state index in [1.54, 1.807) is 24.3 Å². The van der Waals surface area contributed by atoms with Gasteiger partial charge in [-0.1, -0.05) is 23.7 Å². The molecule has 1 unspecified atom stereocenters. The van der Waals surface area contributed by atoms with Crippen molar-refractivity contribution in [1.82, 2.24) is 0 Å². The third kappa shape index (κ3) is 2.55. The molecular weight excluding hydrogens is 249 g/mol. The number of aryl methyl sites for hydroxylation is 1. The Bertz CT molecular complexity index is 579. The molecule has 0 amide bonds. The van der Waals surface area contributed by atoms with Crippen molar-refractivity contribution in [3.05, 3.63) is 58.4 Å². The SMILES string of the molecule is Cc1ccc(Cl)cc1-c1cc(C(C)N)ccc1F. The molecule has 1 atom stereocenters. The normalized spacial score (nSPS) is 12.5. The molecule has 0 aliphatic carbocycles. The van der Waals surface area contributed by atoms with Crippen LogP contribution in [-0.2, 0) is 0 Å². The van der Waals surface area contributed by atoms with Crippen molar-refractivity contribution >= 4 is 11.6 Å². The van der Waals surface area contributed by atoms with Crippen LogP contribution in [0.5, 0.6) is 0 Å². The lowest BCUT2D eigenvalue weighted by molar-refractivity contribution is 0.629. The van der Waals surface area contributed by atoms with Gasteiger partial charge in [0.2, 0.25) is 0 Å². The van der Waals surface area contributed by atoms with E-state index in [2.05, 4.69) is 0 Å². The molecule has 0 spiro atoms. The van der Waals surface area contributed by atoms with Gasteiger partial charge in [-0.25, -0.2) is 4.39 Å². The van der Waals surface area contributed by atoms with Gasteiger partial charge in [-0.3, -0.25) is 0 Å². The summed E-state index contributed by atoms with van der Waals surface area (Å²) < 4.78 is 13.9. The van der Waals surface area contributed by atoms with Crippen LogP contribution in [0.3, 0.4) is 0 Å². The van der Waals surface area contributed by atoms with Crippen molar-refractivity contribution < 1.29 is 4.39 Å². The fourth-order valence-corrected chi connectivity index (χ4v) is 2.09. The van der Waals surface area contributed by atoms with Crippen LogP contribution in [0, 0.1) is 12.7 Å². The summed E-state index contributed by atoms with van der Waals surface area (Å²) in [5.41, 5.74) is 9.08. The van der Waals surface area contributed by atoms with Gasteiger partial charge in [-0.05, 0) is 54.8 Å². The molecule has 3 heteroatoms. The van der Waals surface area contributed by atoms with Crippen LogP contribution < -0.4 is 5.73 Å². The van der Waals surface area contributed by atoms with Gasteiger partial charge in [0.1, 0.15) is 5.82 Å². The number of hydrogen-bond acceptors (Lipinski definition) is 1. The highest BCUT2D eigenvalue weighted by Crippen LogP contribution is 2.30. The summed E-state index contributed by atoms with van der Waals surface area (Å²) in [5, 5.41) is 0.598. The Kier molecular flexibility index (Phi) is 3.69. The molecule has 2 aromatic carbocycles. The second-order valence-corrected chi connectivity index (χ2v) is 4.92. The number of benzene rings is 2. The van der Waals surface area contributed by atoms with Gasteiger partial charge in [0.25, 0.3) is 0 Å². The molecule has 94 valence electrons. The molecular formula is C15H15ClFN. The van der Waals surface area contributed by atoms with Gasteiger partial charge >= 0.3 is 0 Å². The zero-order valence-electron chi connectivity index (χ0n) is 10.4. The first-order valence-electron chi connectivity index (χ1n) is 5.80. The van der Waals surface area contributed by atoms with Gasteiger partial charge in [0.15, 0.2) is 0 Å². The summed E-state index contributed by atoms with van der Waals surface area (Å²) in [7, 11) is 0. The standard InChI is InChI=1S/C15H15ClFN/c1-9-3-5-12(16)8-13(9)14-7-11(10(2)18)4-6-15(14)17/h3-8,10H,18H2,1-2H3. The summed E-state index contributed by atoms with van der Waals surface area (Å²) in [6.45, 7) is 3.81. The summed E-state index contributed by atoms with van der Waals surface area (Å²) in [4.78, 5) is 0. The third-order valence-corrected chi connectivity index (χ3v) is 3.24. The smallest absolute Gasteiger partial charge is 0.131 e. The van der Waals surface area contributed by atoms with Crippen molar-refractivity contribution in [2.75, 3.05) is 0 Å². The van der Waals surface area contributed by atoms with E-state index in [0.29, 0.717) is 10.6 Å². The molecule has 0 saturated carbocycles. The lowest BCUT2D eigenvalue weighted by Crippen LogP contribution is -2.05. The molecule has 2 rings (SSSR count). The Morgan fingerprint density at radius 3 is 2.50 bits per heavy atom. The molecule has 0 fully saturated rings. The van der Waals surface area contributed by atoms with Crippen LogP contribution in [0.25, 0.3) is 11.1 Å². The van der Waals surface area contributed by atoms with Crippen molar-refractivity contribution in [3.8, 4) is 11.1 Å². The molecule has 2 N–H and O–H groups in total. The molecule has 0 heterocycles. The Morgan fingerprint density at radius 1 is 1.11 bits per heavy atom. The zero-order chi connectivity index (χ0) is 13.3. The van der Waals surface area contributed by atoms with Gasteiger partial charge in [-0.15, -0.1) is 0 Å². The quantitative estimate of drug-likeness (QED) is 0.850. The summed E-state index contributed by atoms with van der Waals surface area (Å²) in [5.74, 6) is -0.259. The maximum atomic E-state index is 13.9. The highest BCUT2D eigenvalue weighted by molar-refractivity contribution is 6.30. The van der Waals surface area contributed by atoms with Crippen molar-refractivity contribution in [1.29, 1.82) is 0 Å². The summed E-state index contributed by atoms with van der Waals surface area (Å²) >= 11 is 5.97. The molecule has 0 saturated heterocycles. The maximum Gasteiger partial charge on any atom is 0.131 e. The van der Waals surface area contributed by atoms with E-state index in [0.717, 1.165) is 16.7 Å². The lowest BCUT2D eigenvalue weighted by Gasteiger charge is -2.12. The molecule has 1 nitrogen and oxygen atoms in total. The highest BCUT2D eigenvalue weighted by atomic mass is 35.5. The first kappa shape index (κ1) is 13.1. The van der Waals surface area contributed by atoms with Gasteiger partial charge < -0.3 is 5.73 Å². The topological polar surface area (TPSA) is 26.0 Å². The second-order valence-electron chi connectivity index (χ2n) is 4.49. The summed E-state index contributed by atoms with van der Waals surface area (Å²) in [6, 6.07) is 10.3. The molecule has 0 aromatic heterocycles. The van der Waals surface area contributed by atoms with Crippen molar-refractivity contribution in [2.45, 2.75) is 19.9 Å². The predicted octanol–water partition coefficient (Wildman–Crippen LogP) is 4.47. The average Bonchev–Trinajstić information content (AvgIpc) is 2.33. The average molecular weight is 264 g/mol. The van der Waals surface area contributed by atoms with E-state index >= 15 is 0 Å². The Morgan fingerprint density at radius 2 is 1.83 bits per heavy atom. The monoisotopic (exact) mass is 263 g/mol. The molecule has 0 bridgehead atoms. The number of hydrogen-bond donors (Lipinski definition) is 1. The van der Waals surface area contributed by atoms with E-state index < -0.39 is 0 Å². The van der Waals surface area contributed by atoms with Crippen molar-refractivity contribution in [3.63, 3.8) is 0 Å². The van der Waals surface area contributed by atoms with Crippen LogP contribution in [0.15, 0.2) is 36.4 Å². The minimum Gasteiger partial charge on any atom is -0.324 e. The van der Waals surface area contributed by atoms with Gasteiger partial charge in [0, 0.05) is 16.6 Å². The van der Waals surface area contributed by atoms with Gasteiger partial charge in [0.05, 0.1) is 0 Å². The fourth-order valence-electron chi connectivity index (χ4n) is 1.92. The van der Waals surface area contributed by atoms with Crippen LogP contribution in [-0.4, -0.2) is 0 Å². The van der Waals surface area contributed by atoms with Gasteiger partial charge in [-0.2, -0.15) is 0 Å². The van der Waals surface area contributed by atoms with E-state index in [-0.39, 0.29) is 11.9 Å². The molecule has 2 aromatic rings. The molecule has 0 aliphatic heterocycles. The molecule has 18 heavy (non-hydrogen) atoms. The second kappa shape index (κ2) is 5.09. The van der Waals surface area contributed by atoms with Crippen LogP contribution >= 0.6 is 11.6 Å². The largest absolute Gasteiger partial charge is 0.324 e. The first-order valence-corrected chi connectivity index (χ1v) is 6.18. The highest BCUT2D eigenvalue weighted by Gasteiger charge is 2.11. The molecule has 0 radical (unpaired) electrons. The Labute approximate surface area is 111 Å². The van der Waals surface area contributed by atoms with E-state index in [4.69, 9.17) is 17.3 Å². The number of nitrogens with two attached hydrogens (primary N) is 1. The molecule has 0 aliphatic rings. The van der Waals surface area contributed by atoms with Crippen LogP contribution in [0.1, 0.15) is 24.1 Å². The third-order valence-electron chi connectivity index (χ3n) is 3.01. The van der Waals surface area contributed by atoms with Crippen LogP contribution in [0.4, 0.5) is 4.39 Å². The fraction of sp³-hybridized carbons (Fsp3) is 0.200. The number of rotatable bonds is 2. The predicted molar refractivity (Wildman–Crippen MR) is 74.2 cm³/mol. The van der Waals surface area contributed by atoms with E-state index in [1.165, 1.54) is 6.07 Å². The van der Waals surface area contributed by atoms with E-state index in [9.17, 15) is 4.39 Å².